The van der Waals surface area contributed by atoms with Crippen molar-refractivity contribution in [3.8, 4) is 0 Å². The van der Waals surface area contributed by atoms with E-state index in [0.29, 0.717) is 6.54 Å². The fourth-order valence-corrected chi connectivity index (χ4v) is 1.37. The Bertz CT molecular complexity index is 261. The lowest BCUT2D eigenvalue weighted by molar-refractivity contribution is -0.144. The first kappa shape index (κ1) is 9.98. The molecule has 0 saturated carbocycles. The van der Waals surface area contributed by atoms with Gasteiger partial charge < -0.3 is 10.1 Å². The second kappa shape index (κ2) is 4.81. The van der Waals surface area contributed by atoms with E-state index in [0.717, 1.165) is 5.13 Å². The van der Waals surface area contributed by atoms with Gasteiger partial charge in [-0.3, -0.25) is 4.79 Å². The lowest BCUT2D eigenvalue weighted by Gasteiger charge is -2.08. The fraction of sp³-hybridized carbons (Fsp3) is 0.500. The molecule has 0 aliphatic carbocycles. The van der Waals surface area contributed by atoms with Crippen molar-refractivity contribution in [3.05, 3.63) is 11.6 Å². The maximum absolute atomic E-state index is 11.0. The maximum atomic E-state index is 11.0. The third-order valence-electron chi connectivity index (χ3n) is 1.60. The Labute approximate surface area is 80.9 Å². The molecular weight excluding hydrogens is 188 g/mol. The van der Waals surface area contributed by atoms with Crippen LogP contribution in [-0.2, 0) is 9.53 Å². The molecule has 0 aromatic carbocycles. The SMILES string of the molecule is COC(=O)C(C)CNc1nccs1. The zero-order valence-electron chi connectivity index (χ0n) is 7.61. The molecule has 1 aromatic heterocycles. The summed E-state index contributed by atoms with van der Waals surface area (Å²) in [5, 5.41) is 5.76. The second-order valence-electron chi connectivity index (χ2n) is 2.64. The molecule has 0 amide bonds. The molecule has 0 spiro atoms. The van der Waals surface area contributed by atoms with Crippen molar-refractivity contribution in [3.63, 3.8) is 0 Å². The number of carbonyl (C=O) groups is 1. The number of aromatic nitrogens is 1. The number of anilines is 1. The highest BCUT2D eigenvalue weighted by atomic mass is 32.1. The predicted molar refractivity (Wildman–Crippen MR) is 51.8 cm³/mol. The Morgan fingerprint density at radius 1 is 1.85 bits per heavy atom. The number of rotatable bonds is 4. The molecule has 5 heteroatoms. The van der Waals surface area contributed by atoms with Gasteiger partial charge in [-0.15, -0.1) is 11.3 Å². The van der Waals surface area contributed by atoms with Gasteiger partial charge in [0.15, 0.2) is 5.13 Å². The summed E-state index contributed by atoms with van der Waals surface area (Å²) in [5.41, 5.74) is 0. The molecule has 4 nitrogen and oxygen atoms in total. The third-order valence-corrected chi connectivity index (χ3v) is 2.33. The standard InChI is InChI=1S/C8H12N2O2S/c1-6(7(11)12-2)5-10-8-9-3-4-13-8/h3-4,6H,5H2,1-2H3,(H,9,10). The molecule has 1 atom stereocenters. The van der Waals surface area contributed by atoms with E-state index in [2.05, 4.69) is 15.0 Å². The van der Waals surface area contributed by atoms with Crippen LogP contribution < -0.4 is 5.32 Å². The molecular formula is C8H12N2O2S. The van der Waals surface area contributed by atoms with Gasteiger partial charge in [-0.2, -0.15) is 0 Å². The van der Waals surface area contributed by atoms with Gasteiger partial charge in [0.2, 0.25) is 0 Å². The summed E-state index contributed by atoms with van der Waals surface area (Å²) < 4.78 is 4.59. The predicted octanol–water partition coefficient (Wildman–Crippen LogP) is 1.36. The summed E-state index contributed by atoms with van der Waals surface area (Å²) >= 11 is 1.51. The number of nitrogens with one attached hydrogen (secondary N) is 1. The zero-order chi connectivity index (χ0) is 9.68. The molecule has 1 unspecified atom stereocenters. The Morgan fingerprint density at radius 3 is 3.15 bits per heavy atom. The van der Waals surface area contributed by atoms with Gasteiger partial charge in [-0.05, 0) is 0 Å². The van der Waals surface area contributed by atoms with Gasteiger partial charge in [0, 0.05) is 18.1 Å². The van der Waals surface area contributed by atoms with Gasteiger partial charge >= 0.3 is 5.97 Å². The molecule has 1 rings (SSSR count). The summed E-state index contributed by atoms with van der Waals surface area (Å²) in [7, 11) is 1.39. The van der Waals surface area contributed by atoms with Crippen molar-refractivity contribution < 1.29 is 9.53 Å². The van der Waals surface area contributed by atoms with Gasteiger partial charge in [0.05, 0.1) is 13.0 Å². The van der Waals surface area contributed by atoms with Crippen LogP contribution in [0.5, 0.6) is 0 Å². The normalized spacial score (nSPS) is 12.2. The molecule has 13 heavy (non-hydrogen) atoms. The van der Waals surface area contributed by atoms with Crippen molar-refractivity contribution in [2.75, 3.05) is 19.0 Å². The first-order chi connectivity index (χ1) is 6.24. The van der Waals surface area contributed by atoms with Crippen molar-refractivity contribution in [2.45, 2.75) is 6.92 Å². The molecule has 0 saturated heterocycles. The van der Waals surface area contributed by atoms with E-state index in [1.165, 1.54) is 18.4 Å². The van der Waals surface area contributed by atoms with E-state index in [4.69, 9.17) is 0 Å². The highest BCUT2D eigenvalue weighted by molar-refractivity contribution is 7.13. The Kier molecular flexibility index (Phi) is 3.70. The number of nitrogens with zero attached hydrogens (tertiary/aromatic N) is 1. The molecule has 0 bridgehead atoms. The minimum absolute atomic E-state index is 0.145. The minimum Gasteiger partial charge on any atom is -0.469 e. The van der Waals surface area contributed by atoms with Crippen molar-refractivity contribution in [1.29, 1.82) is 0 Å². The number of methoxy groups -OCH3 is 1. The van der Waals surface area contributed by atoms with E-state index >= 15 is 0 Å². The first-order valence-electron chi connectivity index (χ1n) is 3.95. The van der Waals surface area contributed by atoms with E-state index in [-0.39, 0.29) is 11.9 Å². The molecule has 72 valence electrons. The molecule has 0 radical (unpaired) electrons. The highest BCUT2D eigenvalue weighted by Gasteiger charge is 2.12. The number of ether oxygens (including phenoxy) is 1. The van der Waals surface area contributed by atoms with Crippen molar-refractivity contribution in [1.82, 2.24) is 4.98 Å². The second-order valence-corrected chi connectivity index (χ2v) is 3.54. The highest BCUT2D eigenvalue weighted by Crippen LogP contribution is 2.11. The van der Waals surface area contributed by atoms with Crippen LogP contribution in [0.3, 0.4) is 0 Å². The zero-order valence-corrected chi connectivity index (χ0v) is 8.43. The number of hydrogen-bond donors (Lipinski definition) is 1. The van der Waals surface area contributed by atoms with Gasteiger partial charge in [-0.1, -0.05) is 6.92 Å². The molecule has 1 N–H and O–H groups in total. The van der Waals surface area contributed by atoms with Crippen LogP contribution >= 0.6 is 11.3 Å². The third kappa shape index (κ3) is 3.02. The quantitative estimate of drug-likeness (QED) is 0.746. The van der Waals surface area contributed by atoms with Crippen molar-refractivity contribution in [2.24, 2.45) is 5.92 Å². The Hall–Kier alpha value is -1.10. The molecule has 0 aliphatic rings. The van der Waals surface area contributed by atoms with Crippen LogP contribution in [0.4, 0.5) is 5.13 Å². The molecule has 1 heterocycles. The summed E-state index contributed by atoms with van der Waals surface area (Å²) in [6, 6.07) is 0. The summed E-state index contributed by atoms with van der Waals surface area (Å²) in [5.74, 6) is -0.349. The van der Waals surface area contributed by atoms with E-state index in [1.54, 1.807) is 6.20 Å². The number of hydrogen-bond acceptors (Lipinski definition) is 5. The van der Waals surface area contributed by atoms with Crippen LogP contribution in [-0.4, -0.2) is 24.6 Å². The van der Waals surface area contributed by atoms with Crippen LogP contribution in [0.25, 0.3) is 0 Å². The topological polar surface area (TPSA) is 51.2 Å². The van der Waals surface area contributed by atoms with Gasteiger partial charge in [-0.25, -0.2) is 4.98 Å². The average molecular weight is 200 g/mol. The summed E-state index contributed by atoms with van der Waals surface area (Å²) in [4.78, 5) is 15.0. The average Bonchev–Trinajstić information content (AvgIpc) is 2.65. The number of thiazole rings is 1. The van der Waals surface area contributed by atoms with Crippen LogP contribution in [0.15, 0.2) is 11.6 Å². The summed E-state index contributed by atoms with van der Waals surface area (Å²) in [6.45, 7) is 2.37. The van der Waals surface area contributed by atoms with Crippen LogP contribution in [0.2, 0.25) is 0 Å². The lowest BCUT2D eigenvalue weighted by Crippen LogP contribution is -2.21. The number of esters is 1. The van der Waals surface area contributed by atoms with E-state index < -0.39 is 0 Å². The molecule has 0 aliphatic heterocycles. The monoisotopic (exact) mass is 200 g/mol. The first-order valence-corrected chi connectivity index (χ1v) is 4.83. The summed E-state index contributed by atoms with van der Waals surface area (Å²) in [6.07, 6.45) is 1.72. The molecule has 1 aromatic rings. The molecule has 0 fully saturated rings. The number of carbonyl (C=O) groups excluding carboxylic acids is 1. The Balaban J connectivity index is 2.30. The van der Waals surface area contributed by atoms with E-state index in [9.17, 15) is 4.79 Å². The minimum atomic E-state index is -0.205. The maximum Gasteiger partial charge on any atom is 0.310 e. The Morgan fingerprint density at radius 2 is 2.62 bits per heavy atom. The lowest BCUT2D eigenvalue weighted by atomic mass is 10.2. The van der Waals surface area contributed by atoms with Crippen LogP contribution in [0.1, 0.15) is 6.92 Å². The van der Waals surface area contributed by atoms with E-state index in [1.807, 2.05) is 12.3 Å². The van der Waals surface area contributed by atoms with Gasteiger partial charge in [0.25, 0.3) is 0 Å². The fourth-order valence-electron chi connectivity index (χ4n) is 0.836. The van der Waals surface area contributed by atoms with Crippen LogP contribution in [0, 0.1) is 5.92 Å². The van der Waals surface area contributed by atoms with Crippen molar-refractivity contribution >= 4 is 22.4 Å². The van der Waals surface area contributed by atoms with Gasteiger partial charge in [0.1, 0.15) is 0 Å². The smallest absolute Gasteiger partial charge is 0.310 e. The largest absolute Gasteiger partial charge is 0.469 e.